The summed E-state index contributed by atoms with van der Waals surface area (Å²) >= 11 is 1.50. The maximum Gasteiger partial charge on any atom is 0.248 e. The first-order valence-corrected chi connectivity index (χ1v) is 7.00. The fraction of sp³-hybridized carbons (Fsp3) is 0.0625. The van der Waals surface area contributed by atoms with Gasteiger partial charge in [0, 0.05) is 11.0 Å². The normalized spacial score (nSPS) is 10.4. The Kier molecular flexibility index (Phi) is 5.26. The summed E-state index contributed by atoms with van der Waals surface area (Å²) in [7, 11) is 1.58. The van der Waals surface area contributed by atoms with Crippen molar-refractivity contribution in [3.63, 3.8) is 0 Å². The van der Waals surface area contributed by atoms with Gasteiger partial charge in [0.15, 0.2) is 0 Å². The molecule has 2 rings (SSSR count). The lowest BCUT2D eigenvalue weighted by Crippen LogP contribution is -2.08. The summed E-state index contributed by atoms with van der Waals surface area (Å²) in [6.45, 7) is 0. The highest BCUT2D eigenvalue weighted by molar-refractivity contribution is 8.02. The van der Waals surface area contributed by atoms with E-state index in [1.54, 1.807) is 24.7 Å². The Balaban J connectivity index is 1.92. The second-order valence-corrected chi connectivity index (χ2v) is 4.90. The number of anilines is 1. The third-order valence-corrected chi connectivity index (χ3v) is 3.35. The molecule has 0 fully saturated rings. The Labute approximate surface area is 122 Å². The number of para-hydroxylation sites is 2. The Morgan fingerprint density at radius 1 is 1.10 bits per heavy atom. The highest BCUT2D eigenvalue weighted by Crippen LogP contribution is 2.23. The van der Waals surface area contributed by atoms with E-state index in [1.807, 2.05) is 42.5 Å². The van der Waals surface area contributed by atoms with Crippen molar-refractivity contribution in [2.24, 2.45) is 0 Å². The zero-order chi connectivity index (χ0) is 14.2. The van der Waals surface area contributed by atoms with Gasteiger partial charge in [0.1, 0.15) is 5.75 Å². The van der Waals surface area contributed by atoms with E-state index >= 15 is 0 Å². The molecule has 2 aromatic rings. The predicted molar refractivity (Wildman–Crippen MR) is 83.1 cm³/mol. The zero-order valence-electron chi connectivity index (χ0n) is 11.1. The summed E-state index contributed by atoms with van der Waals surface area (Å²) in [6, 6.07) is 17.2. The first-order valence-electron chi connectivity index (χ1n) is 6.12. The monoisotopic (exact) mass is 285 g/mol. The van der Waals surface area contributed by atoms with Gasteiger partial charge in [-0.15, -0.1) is 0 Å². The van der Waals surface area contributed by atoms with E-state index in [4.69, 9.17) is 4.74 Å². The van der Waals surface area contributed by atoms with Crippen LogP contribution in [0.4, 0.5) is 5.69 Å². The van der Waals surface area contributed by atoms with Gasteiger partial charge in [-0.3, -0.25) is 4.79 Å². The van der Waals surface area contributed by atoms with Crippen LogP contribution in [0.5, 0.6) is 5.75 Å². The first-order chi connectivity index (χ1) is 9.79. The topological polar surface area (TPSA) is 38.3 Å². The number of amides is 1. The molecule has 0 bridgehead atoms. The molecule has 2 aromatic carbocycles. The van der Waals surface area contributed by atoms with Crippen molar-refractivity contribution in [1.29, 1.82) is 0 Å². The van der Waals surface area contributed by atoms with Crippen molar-refractivity contribution in [2.75, 3.05) is 12.4 Å². The van der Waals surface area contributed by atoms with Gasteiger partial charge >= 0.3 is 0 Å². The lowest BCUT2D eigenvalue weighted by Gasteiger charge is -2.07. The number of rotatable bonds is 5. The minimum atomic E-state index is -0.182. The minimum Gasteiger partial charge on any atom is -0.495 e. The molecule has 0 aliphatic rings. The molecule has 0 aliphatic heterocycles. The van der Waals surface area contributed by atoms with Crippen molar-refractivity contribution in [3.8, 4) is 5.75 Å². The summed E-state index contributed by atoms with van der Waals surface area (Å²) < 4.78 is 5.18. The average molecular weight is 285 g/mol. The molecule has 0 aliphatic carbocycles. The number of hydrogen-bond acceptors (Lipinski definition) is 3. The minimum absolute atomic E-state index is 0.182. The molecule has 1 N–H and O–H groups in total. The zero-order valence-corrected chi connectivity index (χ0v) is 11.9. The van der Waals surface area contributed by atoms with Crippen LogP contribution in [0.3, 0.4) is 0 Å². The van der Waals surface area contributed by atoms with Gasteiger partial charge in [0.25, 0.3) is 0 Å². The number of hydrogen-bond donors (Lipinski definition) is 1. The third-order valence-electron chi connectivity index (χ3n) is 2.53. The fourth-order valence-corrected chi connectivity index (χ4v) is 2.26. The number of methoxy groups -OCH3 is 1. The van der Waals surface area contributed by atoms with E-state index in [0.717, 1.165) is 4.90 Å². The van der Waals surface area contributed by atoms with Gasteiger partial charge in [-0.05, 0) is 29.7 Å². The Morgan fingerprint density at radius 3 is 2.55 bits per heavy atom. The third kappa shape index (κ3) is 4.17. The van der Waals surface area contributed by atoms with Crippen LogP contribution in [-0.4, -0.2) is 13.0 Å². The molecule has 1 amide bonds. The van der Waals surface area contributed by atoms with Crippen LogP contribution >= 0.6 is 11.8 Å². The van der Waals surface area contributed by atoms with Gasteiger partial charge in [-0.1, -0.05) is 42.1 Å². The van der Waals surface area contributed by atoms with Gasteiger partial charge in [-0.25, -0.2) is 0 Å². The van der Waals surface area contributed by atoms with Crippen LogP contribution < -0.4 is 10.1 Å². The van der Waals surface area contributed by atoms with Crippen molar-refractivity contribution >= 4 is 23.4 Å². The Morgan fingerprint density at radius 2 is 1.80 bits per heavy atom. The van der Waals surface area contributed by atoms with Crippen LogP contribution in [0.1, 0.15) is 0 Å². The van der Waals surface area contributed by atoms with Crippen LogP contribution in [0.15, 0.2) is 71.0 Å². The average Bonchev–Trinajstić information content (AvgIpc) is 2.49. The maximum atomic E-state index is 11.8. The number of nitrogens with one attached hydrogen (secondary N) is 1. The highest BCUT2D eigenvalue weighted by Gasteiger charge is 2.03. The summed E-state index contributed by atoms with van der Waals surface area (Å²) in [5, 5.41) is 4.55. The van der Waals surface area contributed by atoms with Gasteiger partial charge in [-0.2, -0.15) is 0 Å². The number of ether oxygens (including phenoxy) is 1. The Bertz CT molecular complexity index is 596. The SMILES string of the molecule is COc1ccccc1NC(=O)/C=C/Sc1ccccc1. The van der Waals surface area contributed by atoms with Crippen LogP contribution in [0.2, 0.25) is 0 Å². The summed E-state index contributed by atoms with van der Waals surface area (Å²) in [6.07, 6.45) is 1.50. The predicted octanol–water partition coefficient (Wildman–Crippen LogP) is 3.94. The number of carbonyl (C=O) groups excluding carboxylic acids is 1. The standard InChI is InChI=1S/C16H15NO2S/c1-19-15-10-6-5-9-14(15)17-16(18)11-12-20-13-7-3-2-4-8-13/h2-12H,1H3,(H,17,18)/b12-11+. The number of carbonyl (C=O) groups is 1. The largest absolute Gasteiger partial charge is 0.495 e. The highest BCUT2D eigenvalue weighted by atomic mass is 32.2. The molecule has 0 aromatic heterocycles. The molecule has 0 unspecified atom stereocenters. The maximum absolute atomic E-state index is 11.8. The van der Waals surface area contributed by atoms with Gasteiger partial charge in [0.05, 0.1) is 12.8 Å². The first kappa shape index (κ1) is 14.2. The van der Waals surface area contributed by atoms with Crippen LogP contribution in [-0.2, 0) is 4.79 Å². The quantitative estimate of drug-likeness (QED) is 0.668. The molecule has 0 spiro atoms. The van der Waals surface area contributed by atoms with Gasteiger partial charge < -0.3 is 10.1 Å². The van der Waals surface area contributed by atoms with E-state index in [-0.39, 0.29) is 5.91 Å². The molecule has 0 atom stereocenters. The van der Waals surface area contributed by atoms with Crippen molar-refractivity contribution in [1.82, 2.24) is 0 Å². The van der Waals surface area contributed by atoms with E-state index in [9.17, 15) is 4.79 Å². The molecule has 3 nitrogen and oxygen atoms in total. The van der Waals surface area contributed by atoms with E-state index in [1.165, 1.54) is 17.8 Å². The van der Waals surface area contributed by atoms with Crippen LogP contribution in [0.25, 0.3) is 0 Å². The van der Waals surface area contributed by atoms with E-state index in [2.05, 4.69) is 5.32 Å². The second-order valence-electron chi connectivity index (χ2n) is 3.92. The van der Waals surface area contributed by atoms with Crippen molar-refractivity contribution in [2.45, 2.75) is 4.90 Å². The van der Waals surface area contributed by atoms with Gasteiger partial charge in [0.2, 0.25) is 5.91 Å². The molecule has 4 heteroatoms. The smallest absolute Gasteiger partial charge is 0.248 e. The molecule has 20 heavy (non-hydrogen) atoms. The summed E-state index contributed by atoms with van der Waals surface area (Å²) in [5.41, 5.74) is 0.661. The summed E-state index contributed by atoms with van der Waals surface area (Å²) in [5.74, 6) is 0.461. The molecule has 102 valence electrons. The fourth-order valence-electron chi connectivity index (χ4n) is 1.60. The lowest BCUT2D eigenvalue weighted by atomic mass is 10.3. The van der Waals surface area contributed by atoms with Crippen molar-refractivity contribution < 1.29 is 9.53 Å². The van der Waals surface area contributed by atoms with Crippen LogP contribution in [0, 0.1) is 0 Å². The summed E-state index contributed by atoms with van der Waals surface area (Å²) in [4.78, 5) is 12.9. The molecule has 0 saturated carbocycles. The van der Waals surface area contributed by atoms with Crippen molar-refractivity contribution in [3.05, 3.63) is 66.1 Å². The molecule has 0 radical (unpaired) electrons. The van der Waals surface area contributed by atoms with E-state index in [0.29, 0.717) is 11.4 Å². The lowest BCUT2D eigenvalue weighted by molar-refractivity contribution is -0.111. The number of thioether (sulfide) groups is 1. The molecule has 0 heterocycles. The molecule has 0 saturated heterocycles. The number of benzene rings is 2. The molecular formula is C16H15NO2S. The Hall–Kier alpha value is -2.20. The van der Waals surface area contributed by atoms with E-state index < -0.39 is 0 Å². The molecular weight excluding hydrogens is 270 g/mol. The second kappa shape index (κ2) is 7.40.